The Kier molecular flexibility index (Phi) is 5.09. The molecule has 2 rings (SSSR count). The maximum Gasteiger partial charge on any atom is 0.241 e. The van der Waals surface area contributed by atoms with E-state index in [-0.39, 0.29) is 5.91 Å². The second kappa shape index (κ2) is 6.83. The van der Waals surface area contributed by atoms with Gasteiger partial charge in [-0.05, 0) is 18.4 Å². The lowest BCUT2D eigenvalue weighted by Gasteiger charge is -2.12. The van der Waals surface area contributed by atoms with Gasteiger partial charge in [0.25, 0.3) is 0 Å². The zero-order valence-corrected chi connectivity index (χ0v) is 13.4. The molecule has 0 radical (unpaired) electrons. The fourth-order valence-electron chi connectivity index (χ4n) is 1.87. The average molecular weight is 303 g/mol. The number of nitrogens with one attached hydrogen (secondary N) is 1. The second-order valence-corrected chi connectivity index (χ2v) is 6.37. The maximum absolute atomic E-state index is 12.1. The number of hydrogen-bond acceptors (Lipinski definition) is 4. The van der Waals surface area contributed by atoms with E-state index in [1.165, 1.54) is 0 Å². The Morgan fingerprint density at radius 2 is 2.00 bits per heavy atom. The monoisotopic (exact) mass is 303 g/mol. The molecule has 0 aliphatic carbocycles. The van der Waals surface area contributed by atoms with Gasteiger partial charge in [0.05, 0.1) is 12.2 Å². The zero-order valence-electron chi connectivity index (χ0n) is 12.6. The molecule has 0 saturated heterocycles. The standard InChI is InChI=1S/C16H21N3OS/c1-10(2)13-9-21-14(19-13)8-18-16(20)15(17)12-6-4-11(3)5-7-12/h4-7,9-10,15H,8,17H2,1-3H3,(H,18,20). The molecule has 1 atom stereocenters. The van der Waals surface area contributed by atoms with Crippen LogP contribution in [0.2, 0.25) is 0 Å². The van der Waals surface area contributed by atoms with Gasteiger partial charge >= 0.3 is 0 Å². The van der Waals surface area contributed by atoms with E-state index in [1.807, 2.05) is 36.6 Å². The number of nitrogens with zero attached hydrogens (tertiary/aromatic N) is 1. The van der Waals surface area contributed by atoms with Crippen LogP contribution < -0.4 is 11.1 Å². The van der Waals surface area contributed by atoms with Crippen molar-refractivity contribution in [3.63, 3.8) is 0 Å². The van der Waals surface area contributed by atoms with E-state index >= 15 is 0 Å². The molecule has 5 heteroatoms. The average Bonchev–Trinajstić information content (AvgIpc) is 2.94. The van der Waals surface area contributed by atoms with E-state index < -0.39 is 6.04 Å². The summed E-state index contributed by atoms with van der Waals surface area (Å²) in [6, 6.07) is 7.05. The van der Waals surface area contributed by atoms with Crippen LogP contribution in [0.5, 0.6) is 0 Å². The van der Waals surface area contributed by atoms with Crippen LogP contribution >= 0.6 is 11.3 Å². The second-order valence-electron chi connectivity index (χ2n) is 5.43. The Hall–Kier alpha value is -1.72. The molecule has 1 aromatic heterocycles. The molecule has 0 spiro atoms. The molecule has 1 amide bonds. The van der Waals surface area contributed by atoms with Gasteiger partial charge in [-0.2, -0.15) is 0 Å². The third-order valence-corrected chi connectivity index (χ3v) is 4.16. The quantitative estimate of drug-likeness (QED) is 0.892. The number of thiazole rings is 1. The molecular formula is C16H21N3OS. The summed E-state index contributed by atoms with van der Waals surface area (Å²) in [6.45, 7) is 6.63. The molecule has 3 N–H and O–H groups in total. The van der Waals surface area contributed by atoms with Crippen LogP contribution in [0.3, 0.4) is 0 Å². The summed E-state index contributed by atoms with van der Waals surface area (Å²) in [7, 11) is 0. The number of rotatable bonds is 5. The molecule has 21 heavy (non-hydrogen) atoms. The summed E-state index contributed by atoms with van der Waals surface area (Å²) in [5.41, 5.74) is 9.01. The summed E-state index contributed by atoms with van der Waals surface area (Å²) in [5, 5.41) is 5.79. The van der Waals surface area contributed by atoms with Gasteiger partial charge in [0, 0.05) is 5.38 Å². The lowest BCUT2D eigenvalue weighted by Crippen LogP contribution is -2.33. The molecule has 0 aliphatic heterocycles. The third kappa shape index (κ3) is 4.12. The Bertz CT molecular complexity index is 604. The highest BCUT2D eigenvalue weighted by atomic mass is 32.1. The number of carbonyl (C=O) groups is 1. The normalized spacial score (nSPS) is 12.4. The van der Waals surface area contributed by atoms with E-state index in [1.54, 1.807) is 11.3 Å². The molecule has 112 valence electrons. The van der Waals surface area contributed by atoms with Gasteiger partial charge in [0.15, 0.2) is 0 Å². The lowest BCUT2D eigenvalue weighted by atomic mass is 10.1. The minimum Gasteiger partial charge on any atom is -0.348 e. The van der Waals surface area contributed by atoms with E-state index in [0.29, 0.717) is 12.5 Å². The number of amides is 1. The van der Waals surface area contributed by atoms with Crippen molar-refractivity contribution in [3.05, 3.63) is 51.5 Å². The molecule has 0 saturated carbocycles. The van der Waals surface area contributed by atoms with Crippen molar-refractivity contribution in [2.75, 3.05) is 0 Å². The highest BCUT2D eigenvalue weighted by Crippen LogP contribution is 2.18. The van der Waals surface area contributed by atoms with E-state index in [9.17, 15) is 4.79 Å². The zero-order chi connectivity index (χ0) is 15.4. The summed E-state index contributed by atoms with van der Waals surface area (Å²) >= 11 is 1.56. The van der Waals surface area contributed by atoms with Crippen molar-refractivity contribution in [2.45, 2.75) is 39.3 Å². The molecule has 0 bridgehead atoms. The molecule has 1 aromatic carbocycles. The summed E-state index contributed by atoms with van der Waals surface area (Å²) in [4.78, 5) is 16.6. The van der Waals surface area contributed by atoms with Crippen molar-refractivity contribution >= 4 is 17.2 Å². The Balaban J connectivity index is 1.93. The van der Waals surface area contributed by atoms with Gasteiger partial charge in [-0.3, -0.25) is 4.79 Å². The minimum atomic E-state index is -0.643. The van der Waals surface area contributed by atoms with Gasteiger partial charge in [-0.1, -0.05) is 43.7 Å². The van der Waals surface area contributed by atoms with Crippen molar-refractivity contribution in [1.82, 2.24) is 10.3 Å². The van der Waals surface area contributed by atoms with Crippen molar-refractivity contribution in [1.29, 1.82) is 0 Å². The van der Waals surface area contributed by atoms with Crippen molar-refractivity contribution < 1.29 is 4.79 Å². The largest absolute Gasteiger partial charge is 0.348 e. The minimum absolute atomic E-state index is 0.180. The highest BCUT2D eigenvalue weighted by molar-refractivity contribution is 7.09. The predicted molar refractivity (Wildman–Crippen MR) is 86.2 cm³/mol. The van der Waals surface area contributed by atoms with Gasteiger partial charge in [-0.15, -0.1) is 11.3 Å². The fourth-order valence-corrected chi connectivity index (χ4v) is 2.76. The first kappa shape index (κ1) is 15.7. The molecule has 0 aliphatic rings. The van der Waals surface area contributed by atoms with Crippen LogP contribution in [0.4, 0.5) is 0 Å². The SMILES string of the molecule is Cc1ccc(C(N)C(=O)NCc2nc(C(C)C)cs2)cc1. The van der Waals surface area contributed by atoms with Gasteiger partial charge < -0.3 is 11.1 Å². The molecule has 4 nitrogen and oxygen atoms in total. The number of nitrogens with two attached hydrogens (primary N) is 1. The maximum atomic E-state index is 12.1. The molecule has 0 fully saturated rings. The van der Waals surface area contributed by atoms with Crippen LogP contribution in [-0.2, 0) is 11.3 Å². The van der Waals surface area contributed by atoms with E-state index in [0.717, 1.165) is 21.8 Å². The fraction of sp³-hybridized carbons (Fsp3) is 0.375. The summed E-state index contributed by atoms with van der Waals surface area (Å²) in [5.74, 6) is 0.223. The highest BCUT2D eigenvalue weighted by Gasteiger charge is 2.16. The predicted octanol–water partition coefficient (Wildman–Crippen LogP) is 2.89. The topological polar surface area (TPSA) is 68.0 Å². The van der Waals surface area contributed by atoms with Gasteiger partial charge in [0.1, 0.15) is 11.0 Å². The lowest BCUT2D eigenvalue weighted by molar-refractivity contribution is -0.122. The van der Waals surface area contributed by atoms with Gasteiger partial charge in [-0.25, -0.2) is 4.98 Å². The number of carbonyl (C=O) groups excluding carboxylic acids is 1. The number of aryl methyl sites for hydroxylation is 1. The van der Waals surface area contributed by atoms with Crippen LogP contribution in [0.25, 0.3) is 0 Å². The smallest absolute Gasteiger partial charge is 0.241 e. The van der Waals surface area contributed by atoms with E-state index in [4.69, 9.17) is 5.73 Å². The first-order valence-electron chi connectivity index (χ1n) is 7.01. The number of aromatic nitrogens is 1. The van der Waals surface area contributed by atoms with Crippen molar-refractivity contribution in [2.24, 2.45) is 5.73 Å². The van der Waals surface area contributed by atoms with Crippen LogP contribution in [-0.4, -0.2) is 10.9 Å². The Morgan fingerprint density at radius 3 is 2.57 bits per heavy atom. The van der Waals surface area contributed by atoms with Crippen molar-refractivity contribution in [3.8, 4) is 0 Å². The number of hydrogen-bond donors (Lipinski definition) is 2. The Labute approximate surface area is 129 Å². The molecule has 1 heterocycles. The van der Waals surface area contributed by atoms with Crippen LogP contribution in [0.15, 0.2) is 29.6 Å². The third-order valence-electron chi connectivity index (χ3n) is 3.29. The first-order chi connectivity index (χ1) is 9.97. The first-order valence-corrected chi connectivity index (χ1v) is 7.89. The summed E-state index contributed by atoms with van der Waals surface area (Å²) in [6.07, 6.45) is 0. The van der Waals surface area contributed by atoms with Crippen LogP contribution in [0.1, 0.15) is 47.6 Å². The molecule has 1 unspecified atom stereocenters. The number of benzene rings is 1. The van der Waals surface area contributed by atoms with Gasteiger partial charge in [0.2, 0.25) is 5.91 Å². The molecule has 2 aromatic rings. The van der Waals surface area contributed by atoms with E-state index in [2.05, 4.69) is 24.1 Å². The van der Waals surface area contributed by atoms with Crippen LogP contribution in [0, 0.1) is 6.92 Å². The summed E-state index contributed by atoms with van der Waals surface area (Å²) < 4.78 is 0. The Morgan fingerprint density at radius 1 is 1.33 bits per heavy atom. The molecular weight excluding hydrogens is 282 g/mol.